The van der Waals surface area contributed by atoms with Crippen molar-refractivity contribution in [3.8, 4) is 17.1 Å². The smallest absolute Gasteiger partial charge is 0.220 e. The van der Waals surface area contributed by atoms with Gasteiger partial charge in [0.1, 0.15) is 17.4 Å². The van der Waals surface area contributed by atoms with Gasteiger partial charge < -0.3 is 34.3 Å². The molecule has 0 aliphatic carbocycles. The molecule has 2 aliphatic rings. The van der Waals surface area contributed by atoms with E-state index in [4.69, 9.17) is 24.2 Å². The first-order valence-electron chi connectivity index (χ1n) is 19.0. The summed E-state index contributed by atoms with van der Waals surface area (Å²) in [6.07, 6.45) is 3.01. The van der Waals surface area contributed by atoms with Crippen molar-refractivity contribution >= 4 is 39.8 Å². The molecule has 4 aromatic rings. The minimum absolute atomic E-state index is 0.0232. The van der Waals surface area contributed by atoms with Gasteiger partial charge in [0.25, 0.3) is 0 Å². The van der Waals surface area contributed by atoms with Crippen LogP contribution in [-0.2, 0) is 25.5 Å². The lowest BCUT2D eigenvalue weighted by Crippen LogP contribution is -2.44. The highest BCUT2D eigenvalue weighted by atomic mass is 16.5. The van der Waals surface area contributed by atoms with Gasteiger partial charge in [0.15, 0.2) is 0 Å². The predicted octanol–water partition coefficient (Wildman–Crippen LogP) is 6.36. The number of carbonyl (C=O) groups is 2. The number of H-pyrrole nitrogens is 1. The number of anilines is 1. The van der Waals surface area contributed by atoms with Gasteiger partial charge in [-0.3, -0.25) is 14.6 Å². The van der Waals surface area contributed by atoms with Crippen molar-refractivity contribution in [3.05, 3.63) is 71.8 Å². The van der Waals surface area contributed by atoms with Crippen molar-refractivity contribution in [2.24, 2.45) is 10.4 Å². The molecule has 0 atom stereocenters. The Morgan fingerprint density at radius 1 is 0.830 bits per heavy atom. The Morgan fingerprint density at radius 3 is 2.34 bits per heavy atom. The number of imidazole rings is 1. The van der Waals surface area contributed by atoms with Crippen molar-refractivity contribution in [2.75, 3.05) is 77.7 Å². The van der Waals surface area contributed by atoms with Gasteiger partial charge in [-0.05, 0) is 91.7 Å². The maximum atomic E-state index is 12.2. The first kappa shape index (κ1) is 38.2. The molecule has 0 spiro atoms. The van der Waals surface area contributed by atoms with Crippen molar-refractivity contribution in [1.29, 1.82) is 0 Å². The van der Waals surface area contributed by atoms with Crippen LogP contribution >= 0.6 is 0 Å². The van der Waals surface area contributed by atoms with E-state index in [9.17, 15) is 9.59 Å². The molecule has 53 heavy (non-hydrogen) atoms. The average molecular weight is 723 g/mol. The molecule has 11 nitrogen and oxygen atoms in total. The van der Waals surface area contributed by atoms with Gasteiger partial charge in [-0.1, -0.05) is 20.8 Å². The zero-order valence-corrected chi connectivity index (χ0v) is 31.7. The van der Waals surface area contributed by atoms with Crippen LogP contribution in [0.5, 0.6) is 5.75 Å². The SMILES string of the molecule is CN1CCN(c2ccc3nc(-c4ccc5c(c4)CC(c4ccc(OCCCC(=O)NCCOCCOCCCC(=O)C(C)(C)C)cc4)=N5)[nH]c3c2)CC1. The highest BCUT2D eigenvalue weighted by Gasteiger charge is 2.21. The number of aromatic amines is 1. The fraction of sp³-hybridized carbons (Fsp3) is 0.476. The van der Waals surface area contributed by atoms with Crippen molar-refractivity contribution in [1.82, 2.24) is 20.2 Å². The number of piperazine rings is 1. The van der Waals surface area contributed by atoms with Crippen LogP contribution < -0.4 is 15.0 Å². The zero-order valence-electron chi connectivity index (χ0n) is 31.7. The number of Topliss-reactive ketones (excluding diaryl/α,β-unsaturated/α-hetero) is 1. The number of aromatic nitrogens is 2. The van der Waals surface area contributed by atoms with E-state index in [1.165, 1.54) is 11.3 Å². The van der Waals surface area contributed by atoms with E-state index >= 15 is 0 Å². The van der Waals surface area contributed by atoms with Crippen LogP contribution in [0.4, 0.5) is 11.4 Å². The van der Waals surface area contributed by atoms with Gasteiger partial charge in [0.05, 0.1) is 48.9 Å². The molecule has 6 rings (SSSR count). The second-order valence-electron chi connectivity index (χ2n) is 15.0. The van der Waals surface area contributed by atoms with Crippen LogP contribution in [0.2, 0.25) is 0 Å². The number of ketones is 1. The number of benzene rings is 3. The number of rotatable bonds is 18. The Hall–Kier alpha value is -4.58. The van der Waals surface area contributed by atoms with Gasteiger partial charge in [-0.2, -0.15) is 0 Å². The number of aliphatic imine (C=N–C) groups is 1. The van der Waals surface area contributed by atoms with Crippen molar-refractivity contribution in [3.63, 3.8) is 0 Å². The number of nitrogens with one attached hydrogen (secondary N) is 2. The number of nitrogens with zero attached hydrogens (tertiary/aromatic N) is 4. The Bertz CT molecular complexity index is 1870. The number of amides is 1. The van der Waals surface area contributed by atoms with Crippen LogP contribution in [0.3, 0.4) is 0 Å². The third-order valence-corrected chi connectivity index (χ3v) is 9.77. The minimum Gasteiger partial charge on any atom is -0.494 e. The first-order chi connectivity index (χ1) is 25.6. The highest BCUT2D eigenvalue weighted by molar-refractivity contribution is 6.06. The summed E-state index contributed by atoms with van der Waals surface area (Å²) in [6.45, 7) is 12.8. The van der Waals surface area contributed by atoms with Gasteiger partial charge >= 0.3 is 0 Å². The fourth-order valence-electron chi connectivity index (χ4n) is 6.46. The average Bonchev–Trinajstić information content (AvgIpc) is 3.78. The Kier molecular flexibility index (Phi) is 12.9. The van der Waals surface area contributed by atoms with E-state index < -0.39 is 0 Å². The Labute approximate surface area is 313 Å². The van der Waals surface area contributed by atoms with Gasteiger partial charge in [-0.15, -0.1) is 0 Å². The maximum absolute atomic E-state index is 12.2. The van der Waals surface area contributed by atoms with E-state index in [0.29, 0.717) is 58.8 Å². The van der Waals surface area contributed by atoms with Gasteiger partial charge in [0, 0.05) is 75.3 Å². The minimum atomic E-state index is -0.296. The molecule has 1 saturated heterocycles. The molecule has 1 aromatic heterocycles. The molecule has 1 fully saturated rings. The largest absolute Gasteiger partial charge is 0.494 e. The van der Waals surface area contributed by atoms with Crippen molar-refractivity contribution in [2.45, 2.75) is 52.9 Å². The quantitative estimate of drug-likeness (QED) is 0.114. The number of likely N-dealkylation sites (N-methyl/N-ethyl adjacent to an activating group) is 1. The summed E-state index contributed by atoms with van der Waals surface area (Å²) < 4.78 is 17.0. The van der Waals surface area contributed by atoms with E-state index in [2.05, 4.69) is 63.5 Å². The predicted molar refractivity (Wildman–Crippen MR) is 211 cm³/mol. The number of hydrogen-bond acceptors (Lipinski definition) is 9. The molecule has 0 saturated carbocycles. The Morgan fingerprint density at radius 2 is 1.57 bits per heavy atom. The summed E-state index contributed by atoms with van der Waals surface area (Å²) in [5, 5.41) is 2.88. The molecular weight excluding hydrogens is 668 g/mol. The first-order valence-corrected chi connectivity index (χ1v) is 19.0. The molecule has 2 aliphatic heterocycles. The highest BCUT2D eigenvalue weighted by Crippen LogP contribution is 2.33. The zero-order chi connectivity index (χ0) is 37.2. The molecule has 0 unspecified atom stereocenters. The molecule has 3 heterocycles. The summed E-state index contributed by atoms with van der Waals surface area (Å²) in [4.78, 5) is 42.3. The van der Waals surface area contributed by atoms with E-state index in [1.54, 1.807) is 0 Å². The van der Waals surface area contributed by atoms with E-state index in [-0.39, 0.29) is 17.1 Å². The maximum Gasteiger partial charge on any atom is 0.220 e. The molecule has 0 radical (unpaired) electrons. The number of ether oxygens (including phenoxy) is 3. The number of hydrogen-bond donors (Lipinski definition) is 2. The normalized spacial score (nSPS) is 14.7. The molecule has 1 amide bonds. The van der Waals surface area contributed by atoms with Crippen LogP contribution in [0.25, 0.3) is 22.4 Å². The summed E-state index contributed by atoms with van der Waals surface area (Å²) in [5.41, 5.74) is 8.30. The molecule has 282 valence electrons. The summed E-state index contributed by atoms with van der Waals surface area (Å²) in [5.74, 6) is 1.87. The molecule has 2 N–H and O–H groups in total. The molecule has 3 aromatic carbocycles. The van der Waals surface area contributed by atoms with Crippen LogP contribution in [0.15, 0.2) is 65.7 Å². The van der Waals surface area contributed by atoms with Crippen molar-refractivity contribution < 1.29 is 23.8 Å². The van der Waals surface area contributed by atoms with Crippen LogP contribution in [0.1, 0.15) is 57.6 Å². The topological polar surface area (TPSA) is 121 Å². The molecular formula is C42H54N6O5. The number of fused-ring (bicyclic) bond motifs is 2. The summed E-state index contributed by atoms with van der Waals surface area (Å²) in [6, 6.07) is 20.9. The monoisotopic (exact) mass is 722 g/mol. The van der Waals surface area contributed by atoms with E-state index in [1.807, 2.05) is 45.0 Å². The lowest BCUT2D eigenvalue weighted by Gasteiger charge is -2.34. The van der Waals surface area contributed by atoms with Crippen LogP contribution in [0, 0.1) is 5.41 Å². The molecule has 0 bridgehead atoms. The third kappa shape index (κ3) is 10.7. The third-order valence-electron chi connectivity index (χ3n) is 9.77. The summed E-state index contributed by atoms with van der Waals surface area (Å²) >= 11 is 0. The summed E-state index contributed by atoms with van der Waals surface area (Å²) in [7, 11) is 2.18. The lowest BCUT2D eigenvalue weighted by atomic mass is 9.88. The second-order valence-corrected chi connectivity index (χ2v) is 15.0. The Balaban J connectivity index is 0.864. The lowest BCUT2D eigenvalue weighted by molar-refractivity contribution is -0.126. The van der Waals surface area contributed by atoms with Gasteiger partial charge in [0.2, 0.25) is 5.91 Å². The molecule has 11 heteroatoms. The second kappa shape index (κ2) is 18.0. The fourth-order valence-corrected chi connectivity index (χ4v) is 6.46. The number of carbonyl (C=O) groups excluding carboxylic acids is 2. The van der Waals surface area contributed by atoms with E-state index in [0.717, 1.165) is 84.2 Å². The standard InChI is InChI=1S/C42H54N6O5/c1-42(2,3)39(49)7-5-22-51-25-26-52-24-17-43-40(50)8-6-23-53-34-13-9-30(10-14-34)37-28-32-27-31(11-15-35(32)44-37)41-45-36-16-12-33(29-38(36)46-41)48-20-18-47(4)19-21-48/h9-16,27,29H,5-8,17-26,28H2,1-4H3,(H,43,50)(H,45,46). The van der Waals surface area contributed by atoms with Crippen LogP contribution in [-0.4, -0.2) is 105 Å². The van der Waals surface area contributed by atoms with Gasteiger partial charge in [-0.25, -0.2) is 4.98 Å².